The highest BCUT2D eigenvalue weighted by Gasteiger charge is 2.30. The van der Waals surface area contributed by atoms with Crippen LogP contribution in [0.25, 0.3) is 10.9 Å². The van der Waals surface area contributed by atoms with Crippen LogP contribution in [-0.4, -0.2) is 53.5 Å². The number of rotatable bonds is 12. The van der Waals surface area contributed by atoms with E-state index < -0.39 is 12.1 Å². The molecule has 3 aromatic rings. The van der Waals surface area contributed by atoms with E-state index in [9.17, 15) is 14.3 Å². The number of hydrogen-bond donors (Lipinski definition) is 1. The number of carboxylic acids is 1. The Morgan fingerprint density at radius 1 is 1.22 bits per heavy atom. The van der Waals surface area contributed by atoms with Crippen LogP contribution in [0.2, 0.25) is 0 Å². The van der Waals surface area contributed by atoms with Gasteiger partial charge >= 0.3 is 5.97 Å². The number of nitrogens with zero attached hydrogens (tertiary/aromatic N) is 2. The molecule has 5 nitrogen and oxygen atoms in total. The Morgan fingerprint density at radius 3 is 2.84 bits per heavy atom. The van der Waals surface area contributed by atoms with Crippen LogP contribution in [0.1, 0.15) is 43.8 Å². The molecule has 0 spiro atoms. The van der Waals surface area contributed by atoms with Gasteiger partial charge in [-0.15, -0.1) is 11.8 Å². The van der Waals surface area contributed by atoms with Crippen LogP contribution in [0.3, 0.4) is 0 Å². The highest BCUT2D eigenvalue weighted by atomic mass is 32.2. The molecule has 4 rings (SSSR count). The van der Waals surface area contributed by atoms with Crippen molar-refractivity contribution in [2.75, 3.05) is 32.5 Å². The van der Waals surface area contributed by atoms with Gasteiger partial charge in [-0.25, -0.2) is 8.78 Å². The van der Waals surface area contributed by atoms with Gasteiger partial charge in [0.2, 0.25) is 0 Å². The zero-order chi connectivity index (χ0) is 26.2. The van der Waals surface area contributed by atoms with Crippen molar-refractivity contribution in [2.24, 2.45) is 11.8 Å². The van der Waals surface area contributed by atoms with Gasteiger partial charge in [-0.05, 0) is 86.0 Å². The van der Waals surface area contributed by atoms with Gasteiger partial charge in [0.1, 0.15) is 17.7 Å². The fraction of sp³-hybridized carbons (Fsp3) is 0.448. The third-order valence-electron chi connectivity index (χ3n) is 7.32. The van der Waals surface area contributed by atoms with Gasteiger partial charge in [-0.1, -0.05) is 12.1 Å². The monoisotopic (exact) mass is 528 g/mol. The molecule has 0 bridgehead atoms. The number of likely N-dealkylation sites (tertiary alicyclic amines) is 1. The van der Waals surface area contributed by atoms with Gasteiger partial charge in [0.05, 0.1) is 12.6 Å². The average molecular weight is 529 g/mol. The normalized spacial score (nSPS) is 19.1. The second-order valence-corrected chi connectivity index (χ2v) is 10.8. The number of halogens is 2. The maximum atomic E-state index is 15.5. The summed E-state index contributed by atoms with van der Waals surface area (Å²) in [4.78, 5) is 18.6. The van der Waals surface area contributed by atoms with E-state index in [0.717, 1.165) is 42.7 Å². The highest BCUT2D eigenvalue weighted by molar-refractivity contribution is 7.99. The number of hydrogen-bond acceptors (Lipinski definition) is 5. The van der Waals surface area contributed by atoms with E-state index >= 15 is 4.39 Å². The number of benzene rings is 2. The summed E-state index contributed by atoms with van der Waals surface area (Å²) in [5.74, 6) is 0.907. The molecule has 0 radical (unpaired) electrons. The number of aliphatic carboxylic acids is 1. The third kappa shape index (κ3) is 7.42. The number of aromatic nitrogens is 1. The van der Waals surface area contributed by atoms with Crippen LogP contribution >= 0.6 is 11.8 Å². The van der Waals surface area contributed by atoms with E-state index in [1.807, 2.05) is 24.3 Å². The van der Waals surface area contributed by atoms with E-state index in [-0.39, 0.29) is 24.1 Å². The van der Waals surface area contributed by atoms with Gasteiger partial charge in [0.25, 0.3) is 0 Å². The molecular formula is C29H34F2N2O3S. The van der Waals surface area contributed by atoms with Crippen molar-refractivity contribution in [2.45, 2.75) is 43.2 Å². The summed E-state index contributed by atoms with van der Waals surface area (Å²) < 4.78 is 34.8. The van der Waals surface area contributed by atoms with Crippen molar-refractivity contribution in [3.05, 3.63) is 66.1 Å². The topological polar surface area (TPSA) is 62.7 Å². The van der Waals surface area contributed by atoms with E-state index in [2.05, 4.69) is 9.88 Å². The molecule has 8 heteroatoms. The Hall–Kier alpha value is -2.71. The van der Waals surface area contributed by atoms with Crippen LogP contribution < -0.4 is 4.74 Å². The first-order chi connectivity index (χ1) is 17.9. The number of carboxylic acid groups (broad SMARTS) is 1. The minimum atomic E-state index is -1.13. The quantitative estimate of drug-likeness (QED) is 0.262. The predicted octanol–water partition coefficient (Wildman–Crippen LogP) is 6.77. The molecule has 1 saturated heterocycles. The maximum absolute atomic E-state index is 15.5. The first-order valence-corrected chi connectivity index (χ1v) is 13.8. The molecule has 1 aromatic heterocycles. The molecule has 1 aliphatic rings. The lowest BCUT2D eigenvalue weighted by Gasteiger charge is -2.39. The molecule has 2 heterocycles. The molecule has 1 fully saturated rings. The van der Waals surface area contributed by atoms with Crippen LogP contribution in [-0.2, 0) is 4.79 Å². The molecule has 1 unspecified atom stereocenters. The number of pyridine rings is 1. The zero-order valence-corrected chi connectivity index (χ0v) is 21.9. The SMILES string of the molecule is COc1ccc2nccc(C(F)CC[C@@H]3CCN(CCSc4ccccc4F)C[C@@H]3CCC(=O)O)c2c1. The number of fused-ring (bicyclic) bond motifs is 1. The van der Waals surface area contributed by atoms with Crippen molar-refractivity contribution in [3.63, 3.8) is 0 Å². The summed E-state index contributed by atoms with van der Waals surface area (Å²) in [7, 11) is 1.59. The summed E-state index contributed by atoms with van der Waals surface area (Å²) in [6, 6.07) is 14.0. The fourth-order valence-electron chi connectivity index (χ4n) is 5.28. The molecule has 1 N–H and O–H groups in total. The Kier molecular flexibility index (Phi) is 9.75. The molecule has 198 valence electrons. The Bertz CT molecular complexity index is 1190. The Labute approximate surface area is 221 Å². The molecule has 1 aliphatic heterocycles. The lowest BCUT2D eigenvalue weighted by Crippen LogP contribution is -2.41. The average Bonchev–Trinajstić information content (AvgIpc) is 2.91. The summed E-state index contributed by atoms with van der Waals surface area (Å²) in [5, 5.41) is 10.0. The van der Waals surface area contributed by atoms with Crippen molar-refractivity contribution in [1.29, 1.82) is 0 Å². The lowest BCUT2D eigenvalue weighted by atomic mass is 9.79. The summed E-state index contributed by atoms with van der Waals surface area (Å²) >= 11 is 1.50. The second kappa shape index (κ2) is 13.2. The molecular weight excluding hydrogens is 494 g/mol. The van der Waals surface area contributed by atoms with Gasteiger partial charge in [-0.3, -0.25) is 9.78 Å². The third-order valence-corrected chi connectivity index (χ3v) is 8.35. The van der Waals surface area contributed by atoms with E-state index in [0.29, 0.717) is 35.5 Å². The molecule has 0 saturated carbocycles. The van der Waals surface area contributed by atoms with Gasteiger partial charge in [0.15, 0.2) is 0 Å². The zero-order valence-electron chi connectivity index (χ0n) is 21.1. The fourth-order valence-corrected chi connectivity index (χ4v) is 6.23. The molecule has 37 heavy (non-hydrogen) atoms. The van der Waals surface area contributed by atoms with Gasteiger partial charge in [0, 0.05) is 41.7 Å². The summed E-state index contributed by atoms with van der Waals surface area (Å²) in [6.45, 7) is 2.49. The van der Waals surface area contributed by atoms with E-state index in [1.54, 1.807) is 31.5 Å². The Balaban J connectivity index is 1.35. The minimum absolute atomic E-state index is 0.118. The molecule has 3 atom stereocenters. The number of carbonyl (C=O) groups is 1. The number of ether oxygens (including phenoxy) is 1. The van der Waals surface area contributed by atoms with Crippen molar-refractivity contribution in [3.8, 4) is 5.75 Å². The largest absolute Gasteiger partial charge is 0.497 e. The lowest BCUT2D eigenvalue weighted by molar-refractivity contribution is -0.137. The first-order valence-electron chi connectivity index (χ1n) is 12.8. The second-order valence-electron chi connectivity index (χ2n) is 9.65. The van der Waals surface area contributed by atoms with Crippen LogP contribution in [0.5, 0.6) is 5.75 Å². The molecule has 0 amide bonds. The smallest absolute Gasteiger partial charge is 0.303 e. The number of piperidine rings is 1. The predicted molar refractivity (Wildman–Crippen MR) is 143 cm³/mol. The van der Waals surface area contributed by atoms with Crippen LogP contribution in [0, 0.1) is 17.7 Å². The highest BCUT2D eigenvalue weighted by Crippen LogP contribution is 2.36. The molecule has 0 aliphatic carbocycles. The number of methoxy groups -OCH3 is 1. The van der Waals surface area contributed by atoms with Crippen molar-refractivity contribution in [1.82, 2.24) is 9.88 Å². The van der Waals surface area contributed by atoms with Crippen molar-refractivity contribution >= 4 is 28.6 Å². The van der Waals surface area contributed by atoms with E-state index in [4.69, 9.17) is 4.74 Å². The van der Waals surface area contributed by atoms with Crippen molar-refractivity contribution < 1.29 is 23.4 Å². The maximum Gasteiger partial charge on any atom is 0.303 e. The van der Waals surface area contributed by atoms with Gasteiger partial charge in [-0.2, -0.15) is 0 Å². The summed E-state index contributed by atoms with van der Waals surface area (Å²) in [6.07, 6.45) is 3.21. The first kappa shape index (κ1) is 27.3. The van der Waals surface area contributed by atoms with Crippen LogP contribution in [0.4, 0.5) is 8.78 Å². The van der Waals surface area contributed by atoms with E-state index in [1.165, 1.54) is 17.8 Å². The number of alkyl halides is 1. The van der Waals surface area contributed by atoms with Crippen LogP contribution in [0.15, 0.2) is 59.6 Å². The standard InChI is InChI=1S/C29H34F2N2O3S/c1-36-22-8-10-27-24(18-22)23(12-14-32-27)25(30)9-6-20-13-15-33(19-21(20)7-11-29(34)35)16-17-37-28-5-3-2-4-26(28)31/h2-5,8,10,12,14,18,20-21,25H,6-7,9,11,13,15-17,19H2,1H3,(H,34,35)/t20-,21+,25?/m1/s1. The minimum Gasteiger partial charge on any atom is -0.497 e. The number of thioether (sulfide) groups is 1. The Morgan fingerprint density at radius 2 is 2.05 bits per heavy atom. The van der Waals surface area contributed by atoms with Gasteiger partial charge < -0.3 is 14.7 Å². The summed E-state index contributed by atoms with van der Waals surface area (Å²) in [5.41, 5.74) is 1.36. The molecule has 2 aromatic carbocycles.